The van der Waals surface area contributed by atoms with Crippen molar-refractivity contribution in [3.8, 4) is 11.8 Å². The Hall–Kier alpha value is -2.10. The smallest absolute Gasteiger partial charge is 0.211 e. The predicted molar refractivity (Wildman–Crippen MR) is 103 cm³/mol. The van der Waals surface area contributed by atoms with E-state index in [4.69, 9.17) is 10.00 Å². The highest BCUT2D eigenvalue weighted by Gasteiger charge is 2.28. The van der Waals surface area contributed by atoms with E-state index in [2.05, 4.69) is 10.8 Å². The zero-order valence-electron chi connectivity index (χ0n) is 14.9. The first-order valence-electron chi connectivity index (χ1n) is 9.07. The number of hydrogen-bond donors (Lipinski definition) is 1. The Morgan fingerprint density at radius 1 is 1.15 bits per heavy atom. The fraction of sp³-hybridized carbons (Fsp3) is 0.450. The molecule has 138 valence electrons. The highest BCUT2D eigenvalue weighted by molar-refractivity contribution is 7.89. The molecule has 1 fully saturated rings. The molecule has 2 aromatic carbocycles. The van der Waals surface area contributed by atoms with Gasteiger partial charge in [-0.25, -0.2) is 13.1 Å². The summed E-state index contributed by atoms with van der Waals surface area (Å²) in [6.45, 7) is 2.15. The number of benzene rings is 2. The zero-order valence-corrected chi connectivity index (χ0v) is 15.8. The number of ether oxygens (including phenoxy) is 1. The summed E-state index contributed by atoms with van der Waals surface area (Å²) in [5, 5.41) is 11.0. The van der Waals surface area contributed by atoms with E-state index >= 15 is 0 Å². The van der Waals surface area contributed by atoms with Crippen LogP contribution >= 0.6 is 0 Å². The summed E-state index contributed by atoms with van der Waals surface area (Å²) in [5.41, 5.74) is 0.638. The molecule has 26 heavy (non-hydrogen) atoms. The summed E-state index contributed by atoms with van der Waals surface area (Å²) in [6.07, 6.45) is 3.98. The van der Waals surface area contributed by atoms with Gasteiger partial charge in [0.1, 0.15) is 5.75 Å². The molecule has 0 radical (unpaired) electrons. The summed E-state index contributed by atoms with van der Waals surface area (Å²) in [5.74, 6) is 1.05. The molecule has 2 aromatic rings. The third-order valence-corrected chi connectivity index (χ3v) is 6.45. The molecule has 1 saturated carbocycles. The lowest BCUT2D eigenvalue weighted by Gasteiger charge is -2.31. The van der Waals surface area contributed by atoms with E-state index in [9.17, 15) is 8.42 Å². The fourth-order valence-electron chi connectivity index (χ4n) is 3.46. The standard InChI is InChI=1S/C20H24N2O3S/c1-2-26(23,24)22-20-6-4-3-5-18(20)14-25-19-10-9-16-11-15(13-21)7-8-17(16)12-19/h7-12,18,20,22H,2-6,14H2,1H3/t18-,20+/m0/s1. The van der Waals surface area contributed by atoms with E-state index in [0.717, 1.165) is 42.2 Å². The molecule has 1 aliphatic rings. The van der Waals surface area contributed by atoms with Crippen LogP contribution in [0.4, 0.5) is 0 Å². The Morgan fingerprint density at radius 2 is 1.88 bits per heavy atom. The molecule has 0 aromatic heterocycles. The number of hydrogen-bond acceptors (Lipinski definition) is 4. The number of sulfonamides is 1. The minimum absolute atomic E-state index is 0.0488. The summed E-state index contributed by atoms with van der Waals surface area (Å²) in [6, 6.07) is 13.5. The van der Waals surface area contributed by atoms with E-state index in [0.29, 0.717) is 12.2 Å². The van der Waals surface area contributed by atoms with E-state index in [1.807, 2.05) is 30.3 Å². The molecule has 2 atom stereocenters. The lowest BCUT2D eigenvalue weighted by molar-refractivity contribution is 0.180. The van der Waals surface area contributed by atoms with Gasteiger partial charge >= 0.3 is 0 Å². The highest BCUT2D eigenvalue weighted by atomic mass is 32.2. The summed E-state index contributed by atoms with van der Waals surface area (Å²) < 4.78 is 32.6. The summed E-state index contributed by atoms with van der Waals surface area (Å²) in [4.78, 5) is 0. The van der Waals surface area contributed by atoms with Gasteiger partial charge in [-0.15, -0.1) is 0 Å². The first kappa shape index (κ1) is 18.7. The van der Waals surface area contributed by atoms with Gasteiger partial charge in [-0.2, -0.15) is 5.26 Å². The van der Waals surface area contributed by atoms with Crippen LogP contribution in [-0.2, 0) is 10.0 Å². The molecule has 1 aliphatic carbocycles. The highest BCUT2D eigenvalue weighted by Crippen LogP contribution is 2.27. The van der Waals surface area contributed by atoms with Crippen LogP contribution in [0, 0.1) is 17.2 Å². The fourth-order valence-corrected chi connectivity index (χ4v) is 4.40. The van der Waals surface area contributed by atoms with E-state index < -0.39 is 10.0 Å². The molecule has 0 bridgehead atoms. The van der Waals surface area contributed by atoms with E-state index in [1.54, 1.807) is 13.0 Å². The first-order valence-corrected chi connectivity index (χ1v) is 10.7. The molecule has 0 aliphatic heterocycles. The largest absolute Gasteiger partial charge is 0.493 e. The van der Waals surface area contributed by atoms with Gasteiger partial charge in [-0.05, 0) is 54.8 Å². The van der Waals surface area contributed by atoms with Gasteiger partial charge in [-0.3, -0.25) is 0 Å². The Labute approximate surface area is 155 Å². The van der Waals surface area contributed by atoms with E-state index in [1.165, 1.54) is 0 Å². The van der Waals surface area contributed by atoms with Gasteiger partial charge in [0.15, 0.2) is 0 Å². The molecule has 0 amide bonds. The lowest BCUT2D eigenvalue weighted by Crippen LogP contribution is -2.44. The van der Waals surface area contributed by atoms with Crippen molar-refractivity contribution in [1.29, 1.82) is 5.26 Å². The maximum absolute atomic E-state index is 11.9. The van der Waals surface area contributed by atoms with Crippen LogP contribution in [0.2, 0.25) is 0 Å². The molecule has 6 heteroatoms. The van der Waals surface area contributed by atoms with Crippen LogP contribution in [0.15, 0.2) is 36.4 Å². The normalized spacial score (nSPS) is 20.6. The van der Waals surface area contributed by atoms with Gasteiger partial charge in [0, 0.05) is 12.0 Å². The molecule has 5 nitrogen and oxygen atoms in total. The quantitative estimate of drug-likeness (QED) is 0.840. The van der Waals surface area contributed by atoms with E-state index in [-0.39, 0.29) is 17.7 Å². The monoisotopic (exact) mass is 372 g/mol. The van der Waals surface area contributed by atoms with Crippen molar-refractivity contribution in [3.63, 3.8) is 0 Å². The van der Waals surface area contributed by atoms with Gasteiger partial charge in [0.25, 0.3) is 0 Å². The number of rotatable bonds is 6. The van der Waals surface area contributed by atoms with Crippen LogP contribution in [0.5, 0.6) is 5.75 Å². The average Bonchev–Trinajstić information content (AvgIpc) is 2.66. The minimum Gasteiger partial charge on any atom is -0.493 e. The van der Waals surface area contributed by atoms with Crippen molar-refractivity contribution >= 4 is 20.8 Å². The third-order valence-electron chi connectivity index (χ3n) is 5.02. The lowest BCUT2D eigenvalue weighted by atomic mass is 9.86. The van der Waals surface area contributed by atoms with Gasteiger partial charge < -0.3 is 4.74 Å². The summed E-state index contributed by atoms with van der Waals surface area (Å²) in [7, 11) is -3.20. The van der Waals surface area contributed by atoms with Crippen LogP contribution in [0.25, 0.3) is 10.8 Å². The number of nitrogens with one attached hydrogen (secondary N) is 1. The van der Waals surface area contributed by atoms with Crippen LogP contribution in [0.1, 0.15) is 38.2 Å². The zero-order chi connectivity index (χ0) is 18.6. The predicted octanol–water partition coefficient (Wildman–Crippen LogP) is 3.59. The second-order valence-electron chi connectivity index (χ2n) is 6.82. The Balaban J connectivity index is 1.68. The molecule has 0 saturated heterocycles. The second-order valence-corrected chi connectivity index (χ2v) is 8.86. The topological polar surface area (TPSA) is 79.2 Å². The molecular weight excluding hydrogens is 348 g/mol. The van der Waals surface area contributed by atoms with Crippen molar-refractivity contribution in [2.45, 2.75) is 38.6 Å². The molecule has 3 rings (SSSR count). The Morgan fingerprint density at radius 3 is 2.65 bits per heavy atom. The molecule has 0 spiro atoms. The van der Waals surface area contributed by atoms with Gasteiger partial charge in [-0.1, -0.05) is 25.0 Å². The van der Waals surface area contributed by atoms with Gasteiger partial charge in [0.2, 0.25) is 10.0 Å². The van der Waals surface area contributed by atoms with Crippen LogP contribution in [0.3, 0.4) is 0 Å². The first-order chi connectivity index (χ1) is 12.5. The summed E-state index contributed by atoms with van der Waals surface area (Å²) >= 11 is 0. The second kappa shape index (κ2) is 8.07. The Bertz CT molecular complexity index is 918. The molecular formula is C20H24N2O3S. The van der Waals surface area contributed by atoms with Crippen LogP contribution < -0.4 is 9.46 Å². The average molecular weight is 372 g/mol. The molecule has 1 N–H and O–H groups in total. The molecule has 0 unspecified atom stereocenters. The SMILES string of the molecule is CCS(=O)(=O)N[C@@H]1CCCC[C@H]1COc1ccc2cc(C#N)ccc2c1. The van der Waals surface area contributed by atoms with Crippen molar-refractivity contribution in [1.82, 2.24) is 4.72 Å². The maximum atomic E-state index is 11.9. The number of fused-ring (bicyclic) bond motifs is 1. The number of nitriles is 1. The van der Waals surface area contributed by atoms with Crippen molar-refractivity contribution < 1.29 is 13.2 Å². The minimum atomic E-state index is -3.20. The Kier molecular flexibility index (Phi) is 5.80. The molecule has 0 heterocycles. The maximum Gasteiger partial charge on any atom is 0.211 e. The van der Waals surface area contributed by atoms with Crippen molar-refractivity contribution in [2.75, 3.05) is 12.4 Å². The number of nitrogens with zero attached hydrogens (tertiary/aromatic N) is 1. The van der Waals surface area contributed by atoms with Crippen LogP contribution in [-0.4, -0.2) is 26.8 Å². The van der Waals surface area contributed by atoms with Crippen molar-refractivity contribution in [3.05, 3.63) is 42.0 Å². The third kappa shape index (κ3) is 4.54. The van der Waals surface area contributed by atoms with Crippen molar-refractivity contribution in [2.24, 2.45) is 5.92 Å². The van der Waals surface area contributed by atoms with Gasteiger partial charge in [0.05, 0.1) is 24.0 Å².